The van der Waals surface area contributed by atoms with Crippen molar-refractivity contribution in [2.24, 2.45) is 4.99 Å². The van der Waals surface area contributed by atoms with Gasteiger partial charge in [-0.3, -0.25) is 9.67 Å². The zero-order chi connectivity index (χ0) is 18.8. The van der Waals surface area contributed by atoms with Gasteiger partial charge < -0.3 is 15.4 Å². The molecule has 0 unspecified atom stereocenters. The summed E-state index contributed by atoms with van der Waals surface area (Å²) in [5.74, 6) is 0.812. The summed E-state index contributed by atoms with van der Waals surface area (Å²) in [6.45, 7) is 9.80. The number of hydrogen-bond donors (Lipinski definition) is 2. The van der Waals surface area contributed by atoms with Crippen LogP contribution in [0.2, 0.25) is 0 Å². The molecular weight excluding hydrogens is 328 g/mol. The van der Waals surface area contributed by atoms with Gasteiger partial charge in [-0.05, 0) is 32.9 Å². The van der Waals surface area contributed by atoms with Gasteiger partial charge in [0.05, 0.1) is 25.4 Å². The first-order chi connectivity index (χ1) is 12.7. The molecule has 0 aliphatic rings. The number of hydrogen-bond acceptors (Lipinski definition) is 4. The van der Waals surface area contributed by atoms with E-state index in [2.05, 4.69) is 34.6 Å². The van der Waals surface area contributed by atoms with Gasteiger partial charge in [-0.2, -0.15) is 5.10 Å². The van der Waals surface area contributed by atoms with E-state index in [1.165, 1.54) is 5.56 Å². The number of aliphatic imine (C=N–C) groups is 1. The van der Waals surface area contributed by atoms with Crippen molar-refractivity contribution >= 4 is 5.96 Å². The SMILES string of the molecule is CCNC(=NCc1c(C)nn(CCOC)c1C)NCCc1ccccn1. The first-order valence-corrected chi connectivity index (χ1v) is 9.09. The lowest BCUT2D eigenvalue weighted by atomic mass is 10.2. The third-order valence-corrected chi connectivity index (χ3v) is 4.18. The highest BCUT2D eigenvalue weighted by molar-refractivity contribution is 5.79. The zero-order valence-electron chi connectivity index (χ0n) is 16.2. The van der Waals surface area contributed by atoms with Gasteiger partial charge in [0.1, 0.15) is 0 Å². The summed E-state index contributed by atoms with van der Waals surface area (Å²) in [6.07, 6.45) is 2.68. The number of aryl methyl sites for hydroxylation is 1. The van der Waals surface area contributed by atoms with Crippen LogP contribution in [0.4, 0.5) is 0 Å². The Morgan fingerprint density at radius 1 is 1.27 bits per heavy atom. The van der Waals surface area contributed by atoms with Crippen molar-refractivity contribution in [1.29, 1.82) is 0 Å². The molecule has 26 heavy (non-hydrogen) atoms. The molecule has 0 aliphatic carbocycles. The molecular formula is C19H30N6O. The second-order valence-corrected chi connectivity index (χ2v) is 6.06. The van der Waals surface area contributed by atoms with Crippen LogP contribution < -0.4 is 10.6 Å². The van der Waals surface area contributed by atoms with Gasteiger partial charge in [-0.1, -0.05) is 6.07 Å². The smallest absolute Gasteiger partial charge is 0.191 e. The van der Waals surface area contributed by atoms with Crippen LogP contribution >= 0.6 is 0 Å². The van der Waals surface area contributed by atoms with Crippen molar-refractivity contribution in [3.8, 4) is 0 Å². The number of methoxy groups -OCH3 is 1. The van der Waals surface area contributed by atoms with E-state index in [-0.39, 0.29) is 0 Å². The fraction of sp³-hybridized carbons (Fsp3) is 0.526. The Labute approximate surface area is 155 Å². The van der Waals surface area contributed by atoms with Gasteiger partial charge in [0.2, 0.25) is 0 Å². The molecule has 0 saturated heterocycles. The Hall–Kier alpha value is -2.41. The van der Waals surface area contributed by atoms with Gasteiger partial charge in [0, 0.05) is 49.8 Å². The second kappa shape index (κ2) is 10.6. The summed E-state index contributed by atoms with van der Waals surface area (Å²) in [5.41, 5.74) is 4.41. The van der Waals surface area contributed by atoms with E-state index in [0.717, 1.165) is 49.1 Å². The number of guanidine groups is 1. The largest absolute Gasteiger partial charge is 0.383 e. The van der Waals surface area contributed by atoms with Gasteiger partial charge in [-0.25, -0.2) is 4.99 Å². The lowest BCUT2D eigenvalue weighted by Crippen LogP contribution is -2.38. The molecule has 0 bridgehead atoms. The number of ether oxygens (including phenoxy) is 1. The Bertz CT molecular complexity index is 696. The average Bonchev–Trinajstić information content (AvgIpc) is 2.92. The van der Waals surface area contributed by atoms with Gasteiger partial charge >= 0.3 is 0 Å². The maximum Gasteiger partial charge on any atom is 0.191 e. The van der Waals surface area contributed by atoms with E-state index >= 15 is 0 Å². The Morgan fingerprint density at radius 2 is 2.12 bits per heavy atom. The van der Waals surface area contributed by atoms with Crippen molar-refractivity contribution in [2.45, 2.75) is 40.3 Å². The third kappa shape index (κ3) is 5.84. The predicted molar refractivity (Wildman–Crippen MR) is 104 cm³/mol. The first-order valence-electron chi connectivity index (χ1n) is 9.09. The summed E-state index contributed by atoms with van der Waals surface area (Å²) in [4.78, 5) is 9.06. The first kappa shape index (κ1) is 19.9. The second-order valence-electron chi connectivity index (χ2n) is 6.06. The number of nitrogens with zero attached hydrogens (tertiary/aromatic N) is 4. The van der Waals surface area contributed by atoms with Crippen LogP contribution in [0.3, 0.4) is 0 Å². The van der Waals surface area contributed by atoms with Crippen molar-refractivity contribution in [3.63, 3.8) is 0 Å². The average molecular weight is 358 g/mol. The topological polar surface area (TPSA) is 76.4 Å². The Balaban J connectivity index is 1.96. The Morgan fingerprint density at radius 3 is 2.81 bits per heavy atom. The highest BCUT2D eigenvalue weighted by atomic mass is 16.5. The van der Waals surface area contributed by atoms with Crippen LogP contribution in [0.25, 0.3) is 0 Å². The number of nitrogens with one attached hydrogen (secondary N) is 2. The molecule has 2 heterocycles. The maximum absolute atomic E-state index is 5.15. The van der Waals surface area contributed by atoms with E-state index in [1.807, 2.05) is 36.0 Å². The van der Waals surface area contributed by atoms with Crippen molar-refractivity contribution in [3.05, 3.63) is 47.0 Å². The van der Waals surface area contributed by atoms with E-state index in [4.69, 9.17) is 9.73 Å². The standard InChI is InChI=1S/C19H30N6O/c1-5-20-19(22-11-9-17-8-6-7-10-21-17)23-14-18-15(2)24-25(16(18)3)12-13-26-4/h6-8,10H,5,9,11-14H2,1-4H3,(H2,20,22,23). The Kier molecular flexibility index (Phi) is 8.08. The minimum absolute atomic E-state index is 0.601. The number of rotatable bonds is 9. The van der Waals surface area contributed by atoms with E-state index in [1.54, 1.807) is 7.11 Å². The summed E-state index contributed by atoms with van der Waals surface area (Å²) in [7, 11) is 1.70. The van der Waals surface area contributed by atoms with Crippen LogP contribution in [0.5, 0.6) is 0 Å². The normalized spacial score (nSPS) is 11.6. The molecule has 7 nitrogen and oxygen atoms in total. The molecule has 142 valence electrons. The van der Waals surface area contributed by atoms with Gasteiger partial charge in [0.15, 0.2) is 5.96 Å². The van der Waals surface area contributed by atoms with Crippen LogP contribution in [0.15, 0.2) is 29.4 Å². The molecule has 0 atom stereocenters. The molecule has 2 rings (SSSR count). The van der Waals surface area contributed by atoms with Crippen LogP contribution in [-0.4, -0.2) is 47.5 Å². The maximum atomic E-state index is 5.15. The van der Waals surface area contributed by atoms with Crippen LogP contribution in [-0.2, 0) is 24.2 Å². The lowest BCUT2D eigenvalue weighted by Gasteiger charge is -2.11. The lowest BCUT2D eigenvalue weighted by molar-refractivity contribution is 0.182. The fourth-order valence-corrected chi connectivity index (χ4v) is 2.71. The predicted octanol–water partition coefficient (Wildman–Crippen LogP) is 1.84. The molecule has 2 N–H and O–H groups in total. The molecule has 2 aromatic rings. The molecule has 2 aromatic heterocycles. The number of pyridine rings is 1. The molecule has 0 radical (unpaired) electrons. The summed E-state index contributed by atoms with van der Waals surface area (Å²) in [5, 5.41) is 11.3. The van der Waals surface area contributed by atoms with Crippen molar-refractivity contribution in [2.75, 3.05) is 26.8 Å². The molecule has 7 heteroatoms. The van der Waals surface area contributed by atoms with Crippen LogP contribution in [0.1, 0.15) is 29.6 Å². The molecule has 0 spiro atoms. The zero-order valence-corrected chi connectivity index (χ0v) is 16.2. The van der Waals surface area contributed by atoms with Gasteiger partial charge in [-0.15, -0.1) is 0 Å². The van der Waals surface area contributed by atoms with E-state index in [0.29, 0.717) is 13.2 Å². The summed E-state index contributed by atoms with van der Waals surface area (Å²) >= 11 is 0. The van der Waals surface area contributed by atoms with E-state index < -0.39 is 0 Å². The highest BCUT2D eigenvalue weighted by Crippen LogP contribution is 2.14. The fourth-order valence-electron chi connectivity index (χ4n) is 2.71. The molecule has 0 amide bonds. The van der Waals surface area contributed by atoms with Crippen LogP contribution in [0, 0.1) is 13.8 Å². The summed E-state index contributed by atoms with van der Waals surface area (Å²) in [6, 6.07) is 5.97. The monoisotopic (exact) mass is 358 g/mol. The minimum atomic E-state index is 0.601. The quantitative estimate of drug-likeness (QED) is 0.528. The minimum Gasteiger partial charge on any atom is -0.383 e. The molecule has 0 aromatic carbocycles. The van der Waals surface area contributed by atoms with Crippen molar-refractivity contribution < 1.29 is 4.74 Å². The van der Waals surface area contributed by atoms with Crippen molar-refractivity contribution in [1.82, 2.24) is 25.4 Å². The summed E-state index contributed by atoms with van der Waals surface area (Å²) < 4.78 is 7.14. The molecule has 0 saturated carbocycles. The number of aromatic nitrogens is 3. The molecule has 0 fully saturated rings. The van der Waals surface area contributed by atoms with E-state index in [9.17, 15) is 0 Å². The highest BCUT2D eigenvalue weighted by Gasteiger charge is 2.11. The molecule has 0 aliphatic heterocycles. The third-order valence-electron chi connectivity index (χ3n) is 4.18. The van der Waals surface area contributed by atoms with Gasteiger partial charge in [0.25, 0.3) is 0 Å².